The van der Waals surface area contributed by atoms with Crippen LogP contribution in [0.15, 0.2) is 65.6 Å². The lowest BCUT2D eigenvalue weighted by Crippen LogP contribution is -2.26. The fourth-order valence-corrected chi connectivity index (χ4v) is 3.37. The van der Waals surface area contributed by atoms with Crippen molar-refractivity contribution in [2.45, 2.75) is 25.4 Å². The first kappa shape index (κ1) is 22.3. The molecule has 2 heterocycles. The third-order valence-corrected chi connectivity index (χ3v) is 5.09. The van der Waals surface area contributed by atoms with Crippen LogP contribution in [0.1, 0.15) is 23.4 Å². The predicted octanol–water partition coefficient (Wildman–Crippen LogP) is 3.42. The van der Waals surface area contributed by atoms with Gasteiger partial charge in [0.1, 0.15) is 11.2 Å². The molecule has 0 aliphatic carbocycles. The fourth-order valence-electron chi connectivity index (χ4n) is 3.37. The van der Waals surface area contributed by atoms with Gasteiger partial charge in [-0.05, 0) is 36.2 Å². The SMILES string of the molecule is O=C(CCc1nc2c(cnn2-c2ccccc2)c(=O)[nH]1)NCCc1ccc(C(F)(F)F)cc1. The minimum absolute atomic E-state index is 0.0981. The lowest BCUT2D eigenvalue weighted by atomic mass is 10.1. The average molecular weight is 455 g/mol. The van der Waals surface area contributed by atoms with Crippen molar-refractivity contribution in [1.82, 2.24) is 25.1 Å². The van der Waals surface area contributed by atoms with E-state index in [1.165, 1.54) is 18.3 Å². The maximum absolute atomic E-state index is 12.6. The Kier molecular flexibility index (Phi) is 6.25. The second-order valence-corrected chi connectivity index (χ2v) is 7.44. The number of alkyl halides is 3. The van der Waals surface area contributed by atoms with Gasteiger partial charge in [0.2, 0.25) is 5.91 Å². The Morgan fingerprint density at radius 2 is 1.76 bits per heavy atom. The van der Waals surface area contributed by atoms with E-state index in [2.05, 4.69) is 20.4 Å². The molecule has 1 amide bonds. The molecule has 0 saturated carbocycles. The summed E-state index contributed by atoms with van der Waals surface area (Å²) < 4.78 is 39.4. The Bertz CT molecular complexity index is 1310. The number of rotatable bonds is 7. The molecule has 2 aromatic carbocycles. The number of hydrogen-bond acceptors (Lipinski definition) is 4. The summed E-state index contributed by atoms with van der Waals surface area (Å²) in [5.74, 6) is 0.115. The van der Waals surface area contributed by atoms with E-state index in [9.17, 15) is 22.8 Å². The molecule has 4 rings (SSSR count). The van der Waals surface area contributed by atoms with E-state index in [4.69, 9.17) is 0 Å². The minimum atomic E-state index is -4.37. The zero-order valence-electron chi connectivity index (χ0n) is 17.4. The molecular formula is C23H20F3N5O2. The molecule has 0 aliphatic heterocycles. The van der Waals surface area contributed by atoms with Gasteiger partial charge in [0.15, 0.2) is 5.65 Å². The Morgan fingerprint density at radius 3 is 2.45 bits per heavy atom. The number of nitrogens with one attached hydrogen (secondary N) is 2. The number of benzene rings is 2. The number of carbonyl (C=O) groups excluding carboxylic acids is 1. The van der Waals surface area contributed by atoms with Gasteiger partial charge in [-0.15, -0.1) is 0 Å². The first-order chi connectivity index (χ1) is 15.8. The van der Waals surface area contributed by atoms with Gasteiger partial charge < -0.3 is 10.3 Å². The monoisotopic (exact) mass is 455 g/mol. The van der Waals surface area contributed by atoms with E-state index >= 15 is 0 Å². The Labute approximate surface area is 186 Å². The van der Waals surface area contributed by atoms with Crippen LogP contribution in [0.25, 0.3) is 16.7 Å². The Balaban J connectivity index is 1.34. The molecule has 0 aliphatic rings. The van der Waals surface area contributed by atoms with Crippen LogP contribution < -0.4 is 10.9 Å². The van der Waals surface area contributed by atoms with Crippen molar-refractivity contribution < 1.29 is 18.0 Å². The van der Waals surface area contributed by atoms with Crippen LogP contribution >= 0.6 is 0 Å². The third kappa shape index (κ3) is 5.28. The van der Waals surface area contributed by atoms with Gasteiger partial charge in [0, 0.05) is 19.4 Å². The summed E-state index contributed by atoms with van der Waals surface area (Å²) >= 11 is 0. The van der Waals surface area contributed by atoms with Crippen LogP contribution in [0, 0.1) is 0 Å². The topological polar surface area (TPSA) is 92.7 Å². The van der Waals surface area contributed by atoms with Gasteiger partial charge in [0.25, 0.3) is 5.56 Å². The van der Waals surface area contributed by atoms with Crippen LogP contribution in [-0.2, 0) is 23.8 Å². The average Bonchev–Trinajstić information content (AvgIpc) is 3.23. The molecule has 2 N–H and O–H groups in total. The van der Waals surface area contributed by atoms with E-state index in [0.717, 1.165) is 17.8 Å². The smallest absolute Gasteiger partial charge is 0.356 e. The van der Waals surface area contributed by atoms with Crippen molar-refractivity contribution in [2.24, 2.45) is 0 Å². The number of fused-ring (bicyclic) bond motifs is 1. The second kappa shape index (κ2) is 9.27. The van der Waals surface area contributed by atoms with Gasteiger partial charge >= 0.3 is 6.18 Å². The molecule has 0 saturated heterocycles. The molecule has 10 heteroatoms. The van der Waals surface area contributed by atoms with Gasteiger partial charge in [-0.2, -0.15) is 18.3 Å². The number of aryl methyl sites for hydroxylation is 1. The van der Waals surface area contributed by atoms with E-state index in [1.807, 2.05) is 30.3 Å². The summed E-state index contributed by atoms with van der Waals surface area (Å²) in [7, 11) is 0. The number of halogens is 3. The second-order valence-electron chi connectivity index (χ2n) is 7.44. The van der Waals surface area contributed by atoms with Gasteiger partial charge in [0.05, 0.1) is 17.4 Å². The lowest BCUT2D eigenvalue weighted by Gasteiger charge is -2.08. The lowest BCUT2D eigenvalue weighted by molar-refractivity contribution is -0.137. The standard InChI is InChI=1S/C23H20F3N5O2/c24-23(25,26)16-8-6-15(7-9-16)12-13-27-20(32)11-10-19-29-21-18(22(33)30-19)14-28-31(21)17-4-2-1-3-5-17/h1-9,14H,10-13H2,(H,27,32)(H,29,30,33). The first-order valence-corrected chi connectivity index (χ1v) is 10.3. The van der Waals surface area contributed by atoms with Gasteiger partial charge in [-0.3, -0.25) is 9.59 Å². The summed E-state index contributed by atoms with van der Waals surface area (Å²) in [5.41, 5.74) is 0.816. The number of carbonyl (C=O) groups is 1. The van der Waals surface area contributed by atoms with E-state index < -0.39 is 11.7 Å². The highest BCUT2D eigenvalue weighted by molar-refractivity contribution is 5.77. The summed E-state index contributed by atoms with van der Waals surface area (Å²) in [6.45, 7) is 0.286. The minimum Gasteiger partial charge on any atom is -0.356 e. The molecule has 2 aromatic heterocycles. The van der Waals surface area contributed by atoms with Crippen LogP contribution in [-0.4, -0.2) is 32.2 Å². The summed E-state index contributed by atoms with van der Waals surface area (Å²) in [4.78, 5) is 31.7. The van der Waals surface area contributed by atoms with Crippen LogP contribution in [0.5, 0.6) is 0 Å². The molecule has 0 spiro atoms. The Hall–Kier alpha value is -3.95. The number of nitrogens with zero attached hydrogens (tertiary/aromatic N) is 3. The van der Waals surface area contributed by atoms with Crippen molar-refractivity contribution in [1.29, 1.82) is 0 Å². The summed E-state index contributed by atoms with van der Waals surface area (Å²) in [6.07, 6.45) is -2.20. The number of aromatic nitrogens is 4. The first-order valence-electron chi connectivity index (χ1n) is 10.3. The van der Waals surface area contributed by atoms with Crippen molar-refractivity contribution in [3.8, 4) is 5.69 Å². The number of H-pyrrole nitrogens is 1. The number of para-hydroxylation sites is 1. The normalized spacial score (nSPS) is 11.6. The van der Waals surface area contributed by atoms with Gasteiger partial charge in [-0.25, -0.2) is 9.67 Å². The van der Waals surface area contributed by atoms with Crippen LogP contribution in [0.2, 0.25) is 0 Å². The maximum atomic E-state index is 12.6. The zero-order chi connectivity index (χ0) is 23.4. The zero-order valence-corrected chi connectivity index (χ0v) is 17.4. The molecule has 170 valence electrons. The van der Waals surface area contributed by atoms with Crippen molar-refractivity contribution in [2.75, 3.05) is 6.54 Å². The van der Waals surface area contributed by atoms with Crippen LogP contribution in [0.4, 0.5) is 13.2 Å². The van der Waals surface area contributed by atoms with Crippen LogP contribution in [0.3, 0.4) is 0 Å². The Morgan fingerprint density at radius 1 is 1.03 bits per heavy atom. The molecule has 4 aromatic rings. The van der Waals surface area contributed by atoms with E-state index in [1.54, 1.807) is 4.68 Å². The number of hydrogen-bond donors (Lipinski definition) is 2. The summed E-state index contributed by atoms with van der Waals surface area (Å²) in [6, 6.07) is 14.1. The summed E-state index contributed by atoms with van der Waals surface area (Å²) in [5, 5.41) is 7.33. The predicted molar refractivity (Wildman–Crippen MR) is 116 cm³/mol. The number of aromatic amines is 1. The molecule has 0 atom stereocenters. The molecule has 33 heavy (non-hydrogen) atoms. The van der Waals surface area contributed by atoms with Crippen molar-refractivity contribution in [3.63, 3.8) is 0 Å². The third-order valence-electron chi connectivity index (χ3n) is 5.09. The van der Waals surface area contributed by atoms with Crippen molar-refractivity contribution in [3.05, 3.63) is 88.1 Å². The van der Waals surface area contributed by atoms with E-state index in [-0.39, 0.29) is 30.9 Å². The van der Waals surface area contributed by atoms with Gasteiger partial charge in [-0.1, -0.05) is 30.3 Å². The molecule has 0 unspecified atom stereocenters. The maximum Gasteiger partial charge on any atom is 0.416 e. The van der Waals surface area contributed by atoms with E-state index in [0.29, 0.717) is 28.8 Å². The molecular weight excluding hydrogens is 435 g/mol. The quantitative estimate of drug-likeness (QED) is 0.447. The number of amides is 1. The molecule has 0 bridgehead atoms. The molecule has 7 nitrogen and oxygen atoms in total. The molecule has 0 fully saturated rings. The highest BCUT2D eigenvalue weighted by atomic mass is 19.4. The highest BCUT2D eigenvalue weighted by Crippen LogP contribution is 2.29. The molecule has 0 radical (unpaired) electrons. The van der Waals surface area contributed by atoms with Crippen molar-refractivity contribution >= 4 is 16.9 Å². The highest BCUT2D eigenvalue weighted by Gasteiger charge is 2.29. The largest absolute Gasteiger partial charge is 0.416 e. The fraction of sp³-hybridized carbons (Fsp3) is 0.217.